The molecule has 5 nitrogen and oxygen atoms in total. The van der Waals surface area contributed by atoms with Gasteiger partial charge in [0, 0.05) is 19.0 Å². The summed E-state index contributed by atoms with van der Waals surface area (Å²) >= 11 is 0. The third kappa shape index (κ3) is 8.21. The molecular weight excluding hydrogens is 460 g/mol. The molecule has 194 valence electrons. The molecule has 0 spiro atoms. The minimum absolute atomic E-state index is 0.0479. The third-order valence-corrected chi connectivity index (χ3v) is 7.00. The molecule has 1 aliphatic carbocycles. The lowest BCUT2D eigenvalue weighted by Crippen LogP contribution is -2.50. The predicted molar refractivity (Wildman–Crippen MR) is 147 cm³/mol. The van der Waals surface area contributed by atoms with Gasteiger partial charge in [-0.15, -0.1) is 0 Å². The van der Waals surface area contributed by atoms with Crippen LogP contribution in [0.25, 0.3) is 0 Å². The van der Waals surface area contributed by atoms with E-state index in [1.807, 2.05) is 65.6 Å². The van der Waals surface area contributed by atoms with E-state index in [-0.39, 0.29) is 17.9 Å². The molecule has 3 aromatic carbocycles. The quantitative estimate of drug-likeness (QED) is 0.289. The SMILES string of the molecule is COc1ccc(CCC(=O)N(C2CC2)C(CCCCc2ccccc2)C(=O)NCc2ccccc2)cc1. The van der Waals surface area contributed by atoms with Crippen molar-refractivity contribution in [3.05, 3.63) is 102 Å². The molecule has 3 aromatic rings. The monoisotopic (exact) mass is 498 g/mol. The first-order chi connectivity index (χ1) is 18.1. The van der Waals surface area contributed by atoms with E-state index in [1.54, 1.807) is 7.11 Å². The van der Waals surface area contributed by atoms with Crippen molar-refractivity contribution < 1.29 is 14.3 Å². The lowest BCUT2D eigenvalue weighted by Gasteiger charge is -2.31. The van der Waals surface area contributed by atoms with Crippen molar-refractivity contribution in [2.24, 2.45) is 0 Å². The summed E-state index contributed by atoms with van der Waals surface area (Å²) < 4.78 is 5.24. The molecule has 0 aliphatic heterocycles. The van der Waals surface area contributed by atoms with Crippen LogP contribution in [0.5, 0.6) is 5.75 Å². The van der Waals surface area contributed by atoms with Crippen LogP contribution in [0, 0.1) is 0 Å². The van der Waals surface area contributed by atoms with Crippen LogP contribution < -0.4 is 10.1 Å². The van der Waals surface area contributed by atoms with Gasteiger partial charge in [0.1, 0.15) is 11.8 Å². The number of hydrogen-bond acceptors (Lipinski definition) is 3. The molecule has 1 aliphatic rings. The number of carbonyl (C=O) groups is 2. The van der Waals surface area contributed by atoms with E-state index in [0.29, 0.717) is 25.8 Å². The Hall–Kier alpha value is -3.60. The second-order valence-electron chi connectivity index (χ2n) is 9.83. The minimum Gasteiger partial charge on any atom is -0.497 e. The number of rotatable bonds is 14. The summed E-state index contributed by atoms with van der Waals surface area (Å²) in [6.45, 7) is 0.471. The summed E-state index contributed by atoms with van der Waals surface area (Å²) in [5.74, 6) is 0.829. The van der Waals surface area contributed by atoms with E-state index in [9.17, 15) is 9.59 Å². The standard InChI is InChI=1S/C32H38N2O3/c1-37-29-21-16-26(17-22-29)18-23-31(35)34(28-19-20-28)30(15-9-8-12-25-10-4-2-5-11-25)32(36)33-24-27-13-6-3-7-14-27/h2-7,10-11,13-14,16-17,21-22,28,30H,8-9,12,15,18-20,23-24H2,1H3,(H,33,36). The summed E-state index contributed by atoms with van der Waals surface area (Å²) in [5, 5.41) is 3.12. The van der Waals surface area contributed by atoms with Gasteiger partial charge in [0.15, 0.2) is 0 Å². The zero-order chi connectivity index (χ0) is 25.9. The fourth-order valence-corrected chi connectivity index (χ4v) is 4.77. The minimum atomic E-state index is -0.435. The largest absolute Gasteiger partial charge is 0.497 e. The molecule has 4 rings (SSSR count). The van der Waals surface area contributed by atoms with Crippen molar-refractivity contribution in [1.82, 2.24) is 10.2 Å². The van der Waals surface area contributed by atoms with Gasteiger partial charge in [0.2, 0.25) is 11.8 Å². The molecule has 1 unspecified atom stereocenters. The van der Waals surface area contributed by atoms with Crippen LogP contribution in [-0.2, 0) is 29.0 Å². The number of benzene rings is 3. The predicted octanol–water partition coefficient (Wildman–Crippen LogP) is 5.72. The second-order valence-corrected chi connectivity index (χ2v) is 9.83. The van der Waals surface area contributed by atoms with E-state index < -0.39 is 6.04 Å². The van der Waals surface area contributed by atoms with Crippen LogP contribution in [0.15, 0.2) is 84.9 Å². The van der Waals surface area contributed by atoms with Crippen molar-refractivity contribution in [2.75, 3.05) is 7.11 Å². The Balaban J connectivity index is 1.40. The second kappa shape index (κ2) is 13.6. The zero-order valence-electron chi connectivity index (χ0n) is 21.8. The van der Waals surface area contributed by atoms with E-state index in [4.69, 9.17) is 4.74 Å². The Kier molecular flexibility index (Phi) is 9.75. The number of carbonyl (C=O) groups excluding carboxylic acids is 2. The lowest BCUT2D eigenvalue weighted by molar-refractivity contribution is -0.141. The first-order valence-corrected chi connectivity index (χ1v) is 13.4. The van der Waals surface area contributed by atoms with Crippen molar-refractivity contribution in [2.45, 2.75) is 70.0 Å². The highest BCUT2D eigenvalue weighted by Gasteiger charge is 2.39. The highest BCUT2D eigenvalue weighted by molar-refractivity contribution is 5.88. The smallest absolute Gasteiger partial charge is 0.243 e. The third-order valence-electron chi connectivity index (χ3n) is 7.00. The van der Waals surface area contributed by atoms with Gasteiger partial charge in [-0.2, -0.15) is 0 Å². The van der Waals surface area contributed by atoms with Crippen LogP contribution in [0.1, 0.15) is 55.2 Å². The molecule has 1 atom stereocenters. The van der Waals surface area contributed by atoms with Gasteiger partial charge >= 0.3 is 0 Å². The van der Waals surface area contributed by atoms with Gasteiger partial charge < -0.3 is 15.0 Å². The molecule has 1 N–H and O–H groups in total. The topological polar surface area (TPSA) is 58.6 Å². The van der Waals surface area contributed by atoms with Crippen molar-refractivity contribution in [3.8, 4) is 5.75 Å². The molecule has 1 fully saturated rings. The molecule has 37 heavy (non-hydrogen) atoms. The maximum atomic E-state index is 13.5. The van der Waals surface area contributed by atoms with Crippen molar-refractivity contribution in [1.29, 1.82) is 0 Å². The molecule has 5 heteroatoms. The number of nitrogens with one attached hydrogen (secondary N) is 1. The highest BCUT2D eigenvalue weighted by atomic mass is 16.5. The summed E-state index contributed by atoms with van der Waals surface area (Å²) in [6.07, 6.45) is 6.54. The number of amides is 2. The van der Waals surface area contributed by atoms with E-state index >= 15 is 0 Å². The van der Waals surface area contributed by atoms with Crippen molar-refractivity contribution in [3.63, 3.8) is 0 Å². The number of hydrogen-bond donors (Lipinski definition) is 1. The average molecular weight is 499 g/mol. The maximum Gasteiger partial charge on any atom is 0.243 e. The normalized spacial score (nSPS) is 13.5. The fourth-order valence-electron chi connectivity index (χ4n) is 4.77. The first kappa shape index (κ1) is 26.5. The molecule has 0 bridgehead atoms. The number of ether oxygens (including phenoxy) is 1. The van der Waals surface area contributed by atoms with Crippen LogP contribution in [-0.4, -0.2) is 35.9 Å². The van der Waals surface area contributed by atoms with Crippen LogP contribution in [0.2, 0.25) is 0 Å². The van der Waals surface area contributed by atoms with Gasteiger partial charge in [-0.3, -0.25) is 9.59 Å². The lowest BCUT2D eigenvalue weighted by atomic mass is 10.0. The van der Waals surface area contributed by atoms with Crippen molar-refractivity contribution >= 4 is 11.8 Å². The van der Waals surface area contributed by atoms with Crippen LogP contribution in [0.3, 0.4) is 0 Å². The Morgan fingerprint density at radius 2 is 1.46 bits per heavy atom. The Morgan fingerprint density at radius 3 is 2.08 bits per heavy atom. The van der Waals surface area contributed by atoms with E-state index in [2.05, 4.69) is 29.6 Å². The Labute approximate surface area is 220 Å². The molecule has 2 amide bonds. The highest BCUT2D eigenvalue weighted by Crippen LogP contribution is 2.31. The number of aryl methyl sites for hydroxylation is 2. The first-order valence-electron chi connectivity index (χ1n) is 13.4. The summed E-state index contributed by atoms with van der Waals surface area (Å²) in [6, 6.07) is 28.0. The molecule has 1 saturated carbocycles. The molecule has 0 radical (unpaired) electrons. The fraction of sp³-hybridized carbons (Fsp3) is 0.375. The number of unbranched alkanes of at least 4 members (excludes halogenated alkanes) is 1. The molecular formula is C32H38N2O3. The molecule has 0 aromatic heterocycles. The van der Waals surface area contributed by atoms with Gasteiger partial charge in [-0.05, 0) is 67.3 Å². The zero-order valence-corrected chi connectivity index (χ0v) is 21.8. The Bertz CT molecular complexity index is 1110. The van der Waals surface area contributed by atoms with Gasteiger partial charge in [-0.1, -0.05) is 79.2 Å². The summed E-state index contributed by atoms with van der Waals surface area (Å²) in [4.78, 5) is 28.9. The van der Waals surface area contributed by atoms with E-state index in [1.165, 1.54) is 5.56 Å². The van der Waals surface area contributed by atoms with Crippen LogP contribution >= 0.6 is 0 Å². The van der Waals surface area contributed by atoms with E-state index in [0.717, 1.165) is 49.0 Å². The molecule has 0 heterocycles. The number of nitrogens with zero attached hydrogens (tertiary/aromatic N) is 1. The number of methoxy groups -OCH3 is 1. The maximum absolute atomic E-state index is 13.5. The van der Waals surface area contributed by atoms with Crippen LogP contribution in [0.4, 0.5) is 0 Å². The van der Waals surface area contributed by atoms with Gasteiger partial charge in [0.05, 0.1) is 7.11 Å². The summed E-state index contributed by atoms with van der Waals surface area (Å²) in [5.41, 5.74) is 3.46. The molecule has 0 saturated heterocycles. The van der Waals surface area contributed by atoms with Gasteiger partial charge in [0.25, 0.3) is 0 Å². The Morgan fingerprint density at radius 1 is 0.838 bits per heavy atom. The summed E-state index contributed by atoms with van der Waals surface area (Å²) in [7, 11) is 1.65. The average Bonchev–Trinajstić information content (AvgIpc) is 3.78. The van der Waals surface area contributed by atoms with Gasteiger partial charge in [-0.25, -0.2) is 0 Å².